The van der Waals surface area contributed by atoms with Gasteiger partial charge in [0.1, 0.15) is 6.61 Å². The summed E-state index contributed by atoms with van der Waals surface area (Å²) in [6, 6.07) is 10.1. The van der Waals surface area contributed by atoms with E-state index in [1.54, 1.807) is 4.90 Å². The van der Waals surface area contributed by atoms with Crippen molar-refractivity contribution in [3.8, 4) is 0 Å². The maximum absolute atomic E-state index is 11.7. The fourth-order valence-corrected chi connectivity index (χ4v) is 2.05. The number of hydrogen-bond donors (Lipinski definition) is 1. The van der Waals surface area contributed by atoms with Gasteiger partial charge in [-0.3, -0.25) is 4.79 Å². The molecule has 0 spiro atoms. The van der Waals surface area contributed by atoms with E-state index in [0.717, 1.165) is 6.42 Å². The molecule has 1 atom stereocenters. The molecule has 1 fully saturated rings. The molecule has 0 aromatic heterocycles. The highest BCUT2D eigenvalue weighted by molar-refractivity contribution is 5.77. The number of aliphatic hydroxyl groups is 1. The van der Waals surface area contributed by atoms with Crippen molar-refractivity contribution < 1.29 is 14.6 Å². The zero-order valence-electron chi connectivity index (χ0n) is 10.4. The largest absolute Gasteiger partial charge is 0.391 e. The summed E-state index contributed by atoms with van der Waals surface area (Å²) < 4.78 is 5.37. The van der Waals surface area contributed by atoms with Gasteiger partial charge in [-0.1, -0.05) is 30.3 Å². The summed E-state index contributed by atoms with van der Waals surface area (Å²) >= 11 is 0. The second kappa shape index (κ2) is 6.52. The number of β-amino-alcohol motifs (C(OH)–C–C–N with tert-alkyl or cyclic N) is 1. The predicted octanol–water partition coefficient (Wildman–Crippen LogP) is 0.839. The second-order valence-electron chi connectivity index (χ2n) is 4.57. The molecule has 1 amide bonds. The van der Waals surface area contributed by atoms with Crippen molar-refractivity contribution >= 4 is 5.91 Å². The monoisotopic (exact) mass is 249 g/mol. The molecule has 0 aliphatic carbocycles. The Balaban J connectivity index is 1.62. The highest BCUT2D eigenvalue weighted by Gasteiger charge is 2.24. The van der Waals surface area contributed by atoms with Crippen molar-refractivity contribution in [2.24, 2.45) is 0 Å². The van der Waals surface area contributed by atoms with Crippen LogP contribution in [0, 0.1) is 0 Å². The van der Waals surface area contributed by atoms with Crippen LogP contribution in [0.3, 0.4) is 0 Å². The van der Waals surface area contributed by atoms with Crippen LogP contribution >= 0.6 is 0 Å². The highest BCUT2D eigenvalue weighted by Crippen LogP contribution is 2.08. The van der Waals surface area contributed by atoms with Crippen molar-refractivity contribution in [1.82, 2.24) is 4.90 Å². The molecule has 1 heterocycles. The van der Waals surface area contributed by atoms with Crippen LogP contribution in [0.15, 0.2) is 30.3 Å². The van der Waals surface area contributed by atoms with E-state index in [9.17, 15) is 9.90 Å². The lowest BCUT2D eigenvalue weighted by molar-refractivity contribution is -0.135. The maximum atomic E-state index is 11.7. The first-order valence-electron chi connectivity index (χ1n) is 6.33. The van der Waals surface area contributed by atoms with Crippen LogP contribution in [0.1, 0.15) is 12.0 Å². The van der Waals surface area contributed by atoms with E-state index in [1.807, 2.05) is 30.3 Å². The Labute approximate surface area is 107 Å². The summed E-state index contributed by atoms with van der Waals surface area (Å²) in [6.07, 6.45) is 1.13. The summed E-state index contributed by atoms with van der Waals surface area (Å²) in [5.74, 6) is -0.0281. The first-order valence-corrected chi connectivity index (χ1v) is 6.33. The molecule has 1 saturated heterocycles. The van der Waals surface area contributed by atoms with Crippen LogP contribution in [-0.2, 0) is 16.0 Å². The van der Waals surface area contributed by atoms with E-state index in [2.05, 4.69) is 0 Å². The number of ether oxygens (including phenoxy) is 1. The summed E-state index contributed by atoms with van der Waals surface area (Å²) in [4.78, 5) is 13.4. The van der Waals surface area contributed by atoms with Gasteiger partial charge < -0.3 is 14.7 Å². The van der Waals surface area contributed by atoms with Crippen molar-refractivity contribution in [1.29, 1.82) is 0 Å². The topological polar surface area (TPSA) is 49.8 Å². The number of likely N-dealkylation sites (tertiary alicyclic amines) is 1. The lowest BCUT2D eigenvalue weighted by atomic mass is 10.2. The predicted molar refractivity (Wildman–Crippen MR) is 68.2 cm³/mol. The number of hydrogen-bond acceptors (Lipinski definition) is 3. The van der Waals surface area contributed by atoms with Gasteiger partial charge in [0, 0.05) is 13.1 Å². The van der Waals surface area contributed by atoms with Gasteiger partial charge in [0.2, 0.25) is 5.91 Å². The van der Waals surface area contributed by atoms with E-state index in [1.165, 1.54) is 5.56 Å². The van der Waals surface area contributed by atoms with Crippen LogP contribution in [0.5, 0.6) is 0 Å². The number of nitrogens with zero attached hydrogens (tertiary/aromatic N) is 1. The Kier molecular flexibility index (Phi) is 4.73. The average molecular weight is 249 g/mol. The van der Waals surface area contributed by atoms with Gasteiger partial charge in [0.15, 0.2) is 0 Å². The smallest absolute Gasteiger partial charge is 0.248 e. The molecule has 0 saturated carbocycles. The number of benzene rings is 1. The van der Waals surface area contributed by atoms with Crippen LogP contribution in [0.2, 0.25) is 0 Å². The number of carbonyl (C=O) groups excluding carboxylic acids is 1. The second-order valence-corrected chi connectivity index (χ2v) is 4.57. The standard InChI is InChI=1S/C14H19NO3/c16-13-6-8-15(10-13)14(17)11-18-9-7-12-4-2-1-3-5-12/h1-5,13,16H,6-11H2/t13-/m1/s1. The van der Waals surface area contributed by atoms with Gasteiger partial charge in [0.25, 0.3) is 0 Å². The maximum Gasteiger partial charge on any atom is 0.248 e. The zero-order valence-corrected chi connectivity index (χ0v) is 10.4. The molecule has 0 unspecified atom stereocenters. The molecule has 0 bridgehead atoms. The molecule has 1 aliphatic heterocycles. The van der Waals surface area contributed by atoms with Gasteiger partial charge >= 0.3 is 0 Å². The first-order chi connectivity index (χ1) is 8.75. The van der Waals surface area contributed by atoms with E-state index >= 15 is 0 Å². The lowest BCUT2D eigenvalue weighted by Gasteiger charge is -2.15. The number of aliphatic hydroxyl groups excluding tert-OH is 1. The van der Waals surface area contributed by atoms with Gasteiger partial charge in [-0.15, -0.1) is 0 Å². The highest BCUT2D eigenvalue weighted by atomic mass is 16.5. The third-order valence-electron chi connectivity index (χ3n) is 3.12. The molecular formula is C14H19NO3. The molecule has 4 heteroatoms. The molecule has 0 radical (unpaired) electrons. The molecule has 18 heavy (non-hydrogen) atoms. The van der Waals surface area contributed by atoms with Gasteiger partial charge in [-0.2, -0.15) is 0 Å². The lowest BCUT2D eigenvalue weighted by Crippen LogP contribution is -2.32. The molecule has 1 aliphatic rings. The number of carbonyl (C=O) groups is 1. The molecule has 1 aromatic rings. The van der Waals surface area contributed by atoms with Crippen molar-refractivity contribution in [2.75, 3.05) is 26.3 Å². The quantitative estimate of drug-likeness (QED) is 0.787. The van der Waals surface area contributed by atoms with E-state index < -0.39 is 0 Å². The number of rotatable bonds is 5. The summed E-state index contributed by atoms with van der Waals surface area (Å²) in [5, 5.41) is 9.33. The SMILES string of the molecule is O=C(COCCc1ccccc1)N1CC[C@@H](O)C1. The van der Waals surface area contributed by atoms with Crippen LogP contribution in [0.4, 0.5) is 0 Å². The van der Waals surface area contributed by atoms with Crippen LogP contribution < -0.4 is 0 Å². The Morgan fingerprint density at radius 3 is 2.83 bits per heavy atom. The summed E-state index contributed by atoms with van der Waals surface area (Å²) in [5.41, 5.74) is 1.21. The van der Waals surface area contributed by atoms with E-state index in [4.69, 9.17) is 4.74 Å². The third kappa shape index (κ3) is 3.82. The van der Waals surface area contributed by atoms with Crippen molar-refractivity contribution in [2.45, 2.75) is 18.9 Å². The van der Waals surface area contributed by atoms with Gasteiger partial charge in [0.05, 0.1) is 12.7 Å². The Morgan fingerprint density at radius 1 is 1.39 bits per heavy atom. The fraction of sp³-hybridized carbons (Fsp3) is 0.500. The van der Waals surface area contributed by atoms with E-state index in [0.29, 0.717) is 26.1 Å². The van der Waals surface area contributed by atoms with E-state index in [-0.39, 0.29) is 18.6 Å². The minimum Gasteiger partial charge on any atom is -0.391 e. The Bertz CT molecular complexity index is 380. The van der Waals surface area contributed by atoms with Crippen LogP contribution in [0.25, 0.3) is 0 Å². The fourth-order valence-electron chi connectivity index (χ4n) is 2.05. The van der Waals surface area contributed by atoms with Crippen LogP contribution in [-0.4, -0.2) is 48.3 Å². The molecule has 2 rings (SSSR count). The van der Waals surface area contributed by atoms with Crippen molar-refractivity contribution in [3.05, 3.63) is 35.9 Å². The minimum absolute atomic E-state index is 0.0281. The van der Waals surface area contributed by atoms with Gasteiger partial charge in [-0.25, -0.2) is 0 Å². The molecule has 98 valence electrons. The summed E-state index contributed by atoms with van der Waals surface area (Å²) in [6.45, 7) is 1.74. The molecule has 1 N–H and O–H groups in total. The molecule has 1 aromatic carbocycles. The first kappa shape index (κ1) is 13.1. The Morgan fingerprint density at radius 2 is 2.17 bits per heavy atom. The molecule has 4 nitrogen and oxygen atoms in total. The zero-order chi connectivity index (χ0) is 12.8. The van der Waals surface area contributed by atoms with Gasteiger partial charge in [-0.05, 0) is 18.4 Å². The minimum atomic E-state index is -0.363. The number of amides is 1. The average Bonchev–Trinajstić information content (AvgIpc) is 2.82. The summed E-state index contributed by atoms with van der Waals surface area (Å²) in [7, 11) is 0. The third-order valence-corrected chi connectivity index (χ3v) is 3.12. The normalized spacial score (nSPS) is 19.2. The Hall–Kier alpha value is -1.39. The molecular weight excluding hydrogens is 230 g/mol. The van der Waals surface area contributed by atoms with Crippen molar-refractivity contribution in [3.63, 3.8) is 0 Å².